The van der Waals surface area contributed by atoms with Crippen molar-refractivity contribution in [1.29, 1.82) is 0 Å². The molecule has 0 radical (unpaired) electrons. The molecular formula is C8H13IN2OSi. The lowest BCUT2D eigenvalue weighted by Gasteiger charge is -2.15. The molecule has 0 aromatic carbocycles. The van der Waals surface area contributed by atoms with Crippen LogP contribution in [0.25, 0.3) is 0 Å². The topological polar surface area (TPSA) is 34.9 Å². The molecule has 1 rings (SSSR count). The van der Waals surface area contributed by atoms with E-state index in [4.69, 9.17) is 0 Å². The molecule has 13 heavy (non-hydrogen) atoms. The molecule has 0 fully saturated rings. The molecule has 0 saturated heterocycles. The summed E-state index contributed by atoms with van der Waals surface area (Å²) in [6, 6.07) is 1.91. The molecule has 3 nitrogen and oxygen atoms in total. The van der Waals surface area contributed by atoms with Gasteiger partial charge in [-0.25, -0.2) is 4.68 Å². The van der Waals surface area contributed by atoms with Gasteiger partial charge in [0.25, 0.3) is 5.56 Å². The molecule has 0 bridgehead atoms. The van der Waals surface area contributed by atoms with Gasteiger partial charge in [0.1, 0.15) is 3.70 Å². The largest absolute Gasteiger partial charge is 0.268 e. The lowest BCUT2D eigenvalue weighted by Crippen LogP contribution is -2.50. The molecule has 0 aliphatic rings. The number of hydrogen-bond acceptors (Lipinski definition) is 2. The Morgan fingerprint density at radius 3 is 2.46 bits per heavy atom. The molecule has 1 heterocycles. The molecule has 72 valence electrons. The number of aromatic nitrogens is 2. The predicted molar refractivity (Wildman–Crippen MR) is 65.2 cm³/mol. The van der Waals surface area contributed by atoms with E-state index in [9.17, 15) is 4.79 Å². The van der Waals surface area contributed by atoms with Gasteiger partial charge in [-0.1, -0.05) is 19.6 Å². The first-order valence-electron chi connectivity index (χ1n) is 4.06. The summed E-state index contributed by atoms with van der Waals surface area (Å²) in [6.07, 6.45) is 0. The molecule has 0 spiro atoms. The van der Waals surface area contributed by atoms with Crippen LogP contribution in [0.3, 0.4) is 0 Å². The van der Waals surface area contributed by atoms with Crippen molar-refractivity contribution in [2.45, 2.75) is 19.6 Å². The van der Waals surface area contributed by atoms with E-state index in [0.29, 0.717) is 0 Å². The Morgan fingerprint density at radius 2 is 2.00 bits per heavy atom. The molecule has 0 aliphatic carbocycles. The Labute approximate surface area is 92.3 Å². The van der Waals surface area contributed by atoms with Crippen molar-refractivity contribution in [3.63, 3.8) is 0 Å². The van der Waals surface area contributed by atoms with Crippen LogP contribution in [-0.2, 0) is 7.05 Å². The van der Waals surface area contributed by atoms with Crippen LogP contribution in [0.5, 0.6) is 0 Å². The van der Waals surface area contributed by atoms with E-state index >= 15 is 0 Å². The van der Waals surface area contributed by atoms with Gasteiger partial charge in [0.05, 0.1) is 8.07 Å². The van der Waals surface area contributed by atoms with Gasteiger partial charge in [0, 0.05) is 12.2 Å². The first-order valence-corrected chi connectivity index (χ1v) is 8.64. The third-order valence-corrected chi connectivity index (χ3v) is 4.34. The SMILES string of the molecule is Cn1nc(I)cc([Si](C)(C)C)c1=O. The van der Waals surface area contributed by atoms with Gasteiger partial charge in [-0.2, -0.15) is 5.10 Å². The maximum atomic E-state index is 11.7. The van der Waals surface area contributed by atoms with E-state index < -0.39 is 8.07 Å². The molecule has 0 aliphatic heterocycles. The number of halogens is 1. The monoisotopic (exact) mass is 308 g/mol. The third-order valence-electron chi connectivity index (χ3n) is 1.84. The first-order chi connectivity index (χ1) is 5.82. The highest BCUT2D eigenvalue weighted by atomic mass is 127. The Bertz CT molecular complexity index is 381. The summed E-state index contributed by atoms with van der Waals surface area (Å²) >= 11 is 2.14. The van der Waals surface area contributed by atoms with Crippen molar-refractivity contribution in [3.8, 4) is 0 Å². The lowest BCUT2D eigenvalue weighted by molar-refractivity contribution is 0.701. The second-order valence-electron chi connectivity index (χ2n) is 4.06. The number of aryl methyl sites for hydroxylation is 1. The quantitative estimate of drug-likeness (QED) is 0.571. The van der Waals surface area contributed by atoms with Gasteiger partial charge < -0.3 is 0 Å². The van der Waals surface area contributed by atoms with E-state index in [1.165, 1.54) is 4.68 Å². The van der Waals surface area contributed by atoms with E-state index in [-0.39, 0.29) is 5.56 Å². The van der Waals surface area contributed by atoms with E-state index in [0.717, 1.165) is 8.89 Å². The minimum atomic E-state index is -1.52. The van der Waals surface area contributed by atoms with Crippen LogP contribution in [0.15, 0.2) is 10.9 Å². The van der Waals surface area contributed by atoms with E-state index in [1.807, 2.05) is 6.07 Å². The molecule has 1 aromatic rings. The molecule has 0 atom stereocenters. The van der Waals surface area contributed by atoms with Crippen molar-refractivity contribution in [1.82, 2.24) is 9.78 Å². The standard InChI is InChI=1S/C8H13IN2OSi/c1-11-8(12)6(13(2,3)4)5-7(9)10-11/h5H,1-4H3. The molecular weight excluding hydrogens is 295 g/mol. The number of hydrogen-bond donors (Lipinski definition) is 0. The molecule has 0 saturated carbocycles. The van der Waals surface area contributed by atoms with Crippen molar-refractivity contribution in [2.75, 3.05) is 0 Å². The summed E-state index contributed by atoms with van der Waals surface area (Å²) in [5, 5.41) is 5.01. The Morgan fingerprint density at radius 1 is 1.46 bits per heavy atom. The summed E-state index contributed by atoms with van der Waals surface area (Å²) < 4.78 is 2.31. The van der Waals surface area contributed by atoms with Crippen LogP contribution < -0.4 is 10.7 Å². The van der Waals surface area contributed by atoms with Gasteiger partial charge in [-0.15, -0.1) is 0 Å². The minimum absolute atomic E-state index is 0.0552. The minimum Gasteiger partial charge on any atom is -0.268 e. The van der Waals surface area contributed by atoms with Gasteiger partial charge in [-0.3, -0.25) is 4.79 Å². The zero-order valence-corrected chi connectivity index (χ0v) is 11.4. The van der Waals surface area contributed by atoms with Crippen molar-refractivity contribution < 1.29 is 0 Å². The van der Waals surface area contributed by atoms with Crippen LogP contribution in [0.1, 0.15) is 0 Å². The third kappa shape index (κ3) is 2.40. The fraction of sp³-hybridized carbons (Fsp3) is 0.500. The smallest absolute Gasteiger partial charge is 0.265 e. The molecule has 0 unspecified atom stereocenters. The van der Waals surface area contributed by atoms with Crippen LogP contribution in [-0.4, -0.2) is 17.9 Å². The summed E-state index contributed by atoms with van der Waals surface area (Å²) in [7, 11) is 0.184. The first kappa shape index (κ1) is 10.9. The highest BCUT2D eigenvalue weighted by Crippen LogP contribution is 2.01. The van der Waals surface area contributed by atoms with Crippen molar-refractivity contribution >= 4 is 35.9 Å². The van der Waals surface area contributed by atoms with Crippen molar-refractivity contribution in [2.24, 2.45) is 7.05 Å². The summed E-state index contributed by atoms with van der Waals surface area (Å²) in [5.41, 5.74) is 0.0552. The Hall–Kier alpha value is -0.173. The summed E-state index contributed by atoms with van der Waals surface area (Å²) in [5.74, 6) is 0. The summed E-state index contributed by atoms with van der Waals surface area (Å²) in [4.78, 5) is 11.7. The van der Waals surface area contributed by atoms with E-state index in [2.05, 4.69) is 47.3 Å². The van der Waals surface area contributed by atoms with Crippen LogP contribution in [0, 0.1) is 3.70 Å². The zero-order chi connectivity index (χ0) is 10.2. The number of nitrogens with zero attached hydrogens (tertiary/aromatic N) is 2. The normalized spacial score (nSPS) is 11.8. The molecule has 1 aromatic heterocycles. The second kappa shape index (κ2) is 3.53. The maximum absolute atomic E-state index is 11.7. The van der Waals surface area contributed by atoms with Gasteiger partial charge in [0.15, 0.2) is 0 Å². The molecule has 0 N–H and O–H groups in total. The van der Waals surface area contributed by atoms with E-state index in [1.54, 1.807) is 7.05 Å². The van der Waals surface area contributed by atoms with Gasteiger partial charge in [-0.05, 0) is 28.7 Å². The summed E-state index contributed by atoms with van der Waals surface area (Å²) in [6.45, 7) is 6.50. The van der Waals surface area contributed by atoms with Gasteiger partial charge >= 0.3 is 0 Å². The maximum Gasteiger partial charge on any atom is 0.265 e. The molecule has 0 amide bonds. The number of rotatable bonds is 1. The zero-order valence-electron chi connectivity index (χ0n) is 8.26. The highest BCUT2D eigenvalue weighted by molar-refractivity contribution is 14.1. The lowest BCUT2D eigenvalue weighted by atomic mass is 10.6. The van der Waals surface area contributed by atoms with Crippen LogP contribution >= 0.6 is 22.6 Å². The Balaban J connectivity index is 3.47. The van der Waals surface area contributed by atoms with Crippen molar-refractivity contribution in [3.05, 3.63) is 20.1 Å². The molecule has 5 heteroatoms. The highest BCUT2D eigenvalue weighted by Gasteiger charge is 2.21. The van der Waals surface area contributed by atoms with Gasteiger partial charge in [0.2, 0.25) is 0 Å². The average Bonchev–Trinajstić information content (AvgIpc) is 1.94. The Kier molecular flexibility index (Phi) is 2.96. The van der Waals surface area contributed by atoms with Crippen LogP contribution in [0.4, 0.5) is 0 Å². The van der Waals surface area contributed by atoms with Crippen LogP contribution in [0.2, 0.25) is 19.6 Å². The average molecular weight is 308 g/mol. The predicted octanol–water partition coefficient (Wildman–Crippen LogP) is 0.930. The fourth-order valence-corrected chi connectivity index (χ4v) is 3.41. The second-order valence-corrected chi connectivity index (χ2v) is 10.2. The fourth-order valence-electron chi connectivity index (χ4n) is 1.11.